The van der Waals surface area contributed by atoms with Gasteiger partial charge in [0.2, 0.25) is 0 Å². The second-order valence-corrected chi connectivity index (χ2v) is 16.0. The summed E-state index contributed by atoms with van der Waals surface area (Å²) >= 11 is 0. The Balaban J connectivity index is 4.01. The molecule has 1 N–H and O–H groups in total. The highest BCUT2D eigenvalue weighted by molar-refractivity contribution is 7.47. The van der Waals surface area contributed by atoms with Gasteiger partial charge in [0.25, 0.3) is 0 Å². The molecule has 0 rings (SSSR count). The molecule has 310 valence electrons. The van der Waals surface area contributed by atoms with E-state index in [-0.39, 0.29) is 25.4 Å². The van der Waals surface area contributed by atoms with Crippen molar-refractivity contribution >= 4 is 19.8 Å². The minimum atomic E-state index is -4.26. The first-order valence-corrected chi connectivity index (χ1v) is 23.2. The molecule has 0 saturated carbocycles. The highest BCUT2D eigenvalue weighted by Gasteiger charge is 2.24. The summed E-state index contributed by atoms with van der Waals surface area (Å²) in [6.07, 6.45) is 46.2. The van der Waals surface area contributed by atoms with Crippen molar-refractivity contribution in [1.82, 2.24) is 0 Å². The van der Waals surface area contributed by atoms with Crippen molar-refractivity contribution in [2.45, 2.75) is 213 Å². The van der Waals surface area contributed by atoms with Crippen molar-refractivity contribution in [3.63, 3.8) is 0 Å². The van der Waals surface area contributed by atoms with Crippen LogP contribution in [-0.2, 0) is 32.7 Å². The van der Waals surface area contributed by atoms with Crippen LogP contribution in [-0.4, -0.2) is 43.3 Å². The van der Waals surface area contributed by atoms with Gasteiger partial charge in [-0.15, -0.1) is 0 Å². The van der Waals surface area contributed by atoms with Crippen LogP contribution in [0.2, 0.25) is 0 Å². The number of carbonyl (C=O) groups is 2. The first-order chi connectivity index (χ1) is 25.8. The van der Waals surface area contributed by atoms with Crippen LogP contribution in [0.1, 0.15) is 206 Å². The lowest BCUT2D eigenvalue weighted by molar-refractivity contribution is -0.161. The van der Waals surface area contributed by atoms with Crippen LogP contribution < -0.4 is 0 Å². The first-order valence-electron chi connectivity index (χ1n) is 21.7. The third kappa shape index (κ3) is 39.8. The zero-order chi connectivity index (χ0) is 38.9. The number of esters is 2. The number of rotatable bonds is 40. The highest BCUT2D eigenvalue weighted by Crippen LogP contribution is 2.42. The van der Waals surface area contributed by atoms with Crippen molar-refractivity contribution in [3.05, 3.63) is 36.5 Å². The number of hydrogen-bond donors (Lipinski definition) is 1. The monoisotopic (exact) mass is 769 g/mol. The Morgan fingerprint density at radius 3 is 1.38 bits per heavy atom. The maximum atomic E-state index is 12.5. The maximum absolute atomic E-state index is 12.5. The molecule has 0 aromatic heterocycles. The fourth-order valence-corrected chi connectivity index (χ4v) is 6.44. The average Bonchev–Trinajstić information content (AvgIpc) is 3.15. The Hall–Kier alpha value is -1.73. The fraction of sp³-hybridized carbons (Fsp3) is 0.818. The van der Waals surface area contributed by atoms with E-state index in [0.717, 1.165) is 58.5 Å². The quantitative estimate of drug-likeness (QED) is 0.0284. The molecule has 0 amide bonds. The number of ether oxygens (including phenoxy) is 2. The molecule has 0 radical (unpaired) electrons. The van der Waals surface area contributed by atoms with Gasteiger partial charge in [-0.3, -0.25) is 18.6 Å². The van der Waals surface area contributed by atoms with E-state index in [1.165, 1.54) is 122 Å². The smallest absolute Gasteiger partial charge is 0.462 e. The maximum Gasteiger partial charge on any atom is 0.472 e. The van der Waals surface area contributed by atoms with Gasteiger partial charge in [0.1, 0.15) is 6.61 Å². The van der Waals surface area contributed by atoms with E-state index in [4.69, 9.17) is 14.0 Å². The van der Waals surface area contributed by atoms with E-state index in [0.29, 0.717) is 6.42 Å². The van der Waals surface area contributed by atoms with Gasteiger partial charge in [-0.2, -0.15) is 0 Å². The molecular weight excluding hydrogens is 687 g/mol. The average molecular weight is 769 g/mol. The van der Waals surface area contributed by atoms with Crippen molar-refractivity contribution in [1.29, 1.82) is 0 Å². The molecule has 0 aliphatic carbocycles. The first kappa shape index (κ1) is 51.3. The van der Waals surface area contributed by atoms with Crippen LogP contribution in [0.4, 0.5) is 0 Å². The van der Waals surface area contributed by atoms with Crippen LogP contribution in [0, 0.1) is 0 Å². The predicted octanol–water partition coefficient (Wildman–Crippen LogP) is 13.6. The zero-order valence-corrected chi connectivity index (χ0v) is 35.3. The number of unbranched alkanes of at least 4 members (excludes halogenated alkanes) is 23. The molecule has 0 fully saturated rings. The number of phosphoric acid groups is 1. The molecule has 0 aliphatic rings. The number of phosphoric ester groups is 1. The van der Waals surface area contributed by atoms with Crippen LogP contribution in [0.3, 0.4) is 0 Å². The van der Waals surface area contributed by atoms with Crippen LogP contribution in [0.25, 0.3) is 0 Å². The van der Waals surface area contributed by atoms with Crippen molar-refractivity contribution in [3.8, 4) is 0 Å². The highest BCUT2D eigenvalue weighted by atomic mass is 31.2. The van der Waals surface area contributed by atoms with E-state index >= 15 is 0 Å². The minimum Gasteiger partial charge on any atom is -0.462 e. The van der Waals surface area contributed by atoms with Gasteiger partial charge in [-0.05, 0) is 70.6 Å². The summed E-state index contributed by atoms with van der Waals surface area (Å²) in [5.74, 6) is -0.814. The van der Waals surface area contributed by atoms with Gasteiger partial charge in [0.15, 0.2) is 6.10 Å². The minimum absolute atomic E-state index is 0.230. The van der Waals surface area contributed by atoms with E-state index in [1.807, 2.05) is 0 Å². The van der Waals surface area contributed by atoms with E-state index in [2.05, 4.69) is 54.8 Å². The molecular formula is C44H81O8P. The third-order valence-electron chi connectivity index (χ3n) is 9.36. The molecule has 0 aromatic rings. The Labute approximate surface area is 325 Å². The molecule has 0 bridgehead atoms. The van der Waals surface area contributed by atoms with E-state index < -0.39 is 26.5 Å². The Morgan fingerprint density at radius 1 is 0.528 bits per heavy atom. The van der Waals surface area contributed by atoms with Gasteiger partial charge < -0.3 is 14.4 Å². The zero-order valence-electron chi connectivity index (χ0n) is 34.4. The molecule has 53 heavy (non-hydrogen) atoms. The van der Waals surface area contributed by atoms with Gasteiger partial charge in [-0.25, -0.2) is 4.57 Å². The Bertz CT molecular complexity index is 963. The van der Waals surface area contributed by atoms with Gasteiger partial charge in [-0.1, -0.05) is 159 Å². The molecule has 9 heteroatoms. The van der Waals surface area contributed by atoms with Gasteiger partial charge >= 0.3 is 19.8 Å². The van der Waals surface area contributed by atoms with Crippen LogP contribution >= 0.6 is 7.82 Å². The fourth-order valence-electron chi connectivity index (χ4n) is 5.98. The largest absolute Gasteiger partial charge is 0.472 e. The van der Waals surface area contributed by atoms with Crippen molar-refractivity contribution in [2.24, 2.45) is 0 Å². The van der Waals surface area contributed by atoms with Crippen molar-refractivity contribution < 1.29 is 37.6 Å². The molecule has 2 unspecified atom stereocenters. The lowest BCUT2D eigenvalue weighted by atomic mass is 10.1. The summed E-state index contributed by atoms with van der Waals surface area (Å²) in [5.41, 5.74) is 0. The topological polar surface area (TPSA) is 108 Å². The van der Waals surface area contributed by atoms with Crippen LogP contribution in [0.5, 0.6) is 0 Å². The van der Waals surface area contributed by atoms with Crippen molar-refractivity contribution in [2.75, 3.05) is 20.3 Å². The molecule has 0 spiro atoms. The summed E-state index contributed by atoms with van der Waals surface area (Å²) in [4.78, 5) is 34.5. The summed E-state index contributed by atoms with van der Waals surface area (Å²) in [6, 6.07) is 0. The number of carbonyl (C=O) groups excluding carboxylic acids is 2. The van der Waals surface area contributed by atoms with E-state index in [9.17, 15) is 19.0 Å². The summed E-state index contributed by atoms with van der Waals surface area (Å²) in [7, 11) is -3.20. The molecule has 0 aromatic carbocycles. The molecule has 0 aliphatic heterocycles. The standard InChI is InChI=1S/C44H81O8P/c1-4-6-8-10-12-14-16-18-20-22-24-26-28-30-32-34-36-38-43(45)50-40-42(41-51-53(47,48)49-3)52-44(46)39-37-35-33-31-29-27-25-23-21-19-17-15-13-11-9-7-5-2/h13,15,18-21,42H,4-12,14,16-17,22-41H2,1-3H3,(H,47,48)/b15-13-,20-18-,21-19-. The lowest BCUT2D eigenvalue weighted by Crippen LogP contribution is -2.29. The lowest BCUT2D eigenvalue weighted by Gasteiger charge is -2.19. The molecule has 8 nitrogen and oxygen atoms in total. The number of hydrogen-bond acceptors (Lipinski definition) is 7. The Morgan fingerprint density at radius 2 is 0.906 bits per heavy atom. The normalized spacial score (nSPS) is 13.7. The summed E-state index contributed by atoms with van der Waals surface area (Å²) in [5, 5.41) is 0. The summed E-state index contributed by atoms with van der Waals surface area (Å²) in [6.45, 7) is 3.86. The third-order valence-corrected chi connectivity index (χ3v) is 10.3. The van der Waals surface area contributed by atoms with Gasteiger partial charge in [0.05, 0.1) is 6.61 Å². The van der Waals surface area contributed by atoms with Crippen LogP contribution in [0.15, 0.2) is 36.5 Å². The Kier molecular flexibility index (Phi) is 38.6. The second kappa shape index (κ2) is 39.9. The molecule has 0 heterocycles. The van der Waals surface area contributed by atoms with E-state index in [1.54, 1.807) is 0 Å². The SMILES string of the molecule is CCCCC/C=C\C/C=C\CCCCCCCCCC(=O)OC(COC(=O)CCCCCCCCC/C=C\CCCCCCCC)COP(=O)(O)OC. The number of allylic oxidation sites excluding steroid dienone is 6. The van der Waals surface area contributed by atoms with Gasteiger partial charge in [0, 0.05) is 20.0 Å². The molecule has 2 atom stereocenters. The second-order valence-electron chi connectivity index (χ2n) is 14.5. The molecule has 0 saturated heterocycles. The summed E-state index contributed by atoms with van der Waals surface area (Å²) < 4.78 is 32.0. The predicted molar refractivity (Wildman–Crippen MR) is 221 cm³/mol.